The van der Waals surface area contributed by atoms with E-state index < -0.39 is 0 Å². The number of nitrogens with two attached hydrogens (primary N) is 1. The van der Waals surface area contributed by atoms with Crippen LogP contribution in [0.1, 0.15) is 39.5 Å². The van der Waals surface area contributed by atoms with Gasteiger partial charge in [-0.2, -0.15) is 0 Å². The molecule has 0 aliphatic rings. The van der Waals surface area contributed by atoms with Gasteiger partial charge in [-0.25, -0.2) is 0 Å². The van der Waals surface area contributed by atoms with Crippen LogP contribution >= 0.6 is 0 Å². The number of esters is 1. The third-order valence-corrected chi connectivity index (χ3v) is 2.03. The molecule has 0 aliphatic carbocycles. The fourth-order valence-electron chi connectivity index (χ4n) is 1.20. The molecule has 0 heterocycles. The molecule has 4 nitrogen and oxygen atoms in total. The summed E-state index contributed by atoms with van der Waals surface area (Å²) in [4.78, 5) is 11.2. The highest BCUT2D eigenvalue weighted by Gasteiger charge is 2.02. The molecule has 0 unspecified atom stereocenters. The lowest BCUT2D eigenvalue weighted by atomic mass is 10.2. The molecule has 0 atom stereocenters. The normalized spacial score (nSPS) is 10.8. The van der Waals surface area contributed by atoms with Crippen molar-refractivity contribution in [2.75, 3.05) is 26.4 Å². The zero-order valence-corrected chi connectivity index (χ0v) is 10.5. The summed E-state index contributed by atoms with van der Waals surface area (Å²) < 4.78 is 10.3. The second kappa shape index (κ2) is 10.9. The molecule has 96 valence electrons. The standard InChI is InChI=1S/C12H25NO3/c1-11(2)10-15-8-9-16-12(14)6-4-3-5-7-13/h11H,3-10,13H2,1-2H3. The van der Waals surface area contributed by atoms with Crippen LogP contribution in [-0.2, 0) is 14.3 Å². The van der Waals surface area contributed by atoms with E-state index in [1.165, 1.54) is 0 Å². The molecule has 0 saturated heterocycles. The average molecular weight is 231 g/mol. The van der Waals surface area contributed by atoms with E-state index in [9.17, 15) is 4.79 Å². The van der Waals surface area contributed by atoms with Gasteiger partial charge in [0.2, 0.25) is 0 Å². The molecule has 0 bridgehead atoms. The van der Waals surface area contributed by atoms with Gasteiger partial charge in [0.25, 0.3) is 0 Å². The number of ether oxygens (including phenoxy) is 2. The summed E-state index contributed by atoms with van der Waals surface area (Å²) in [6.45, 7) is 6.44. The first-order chi connectivity index (χ1) is 7.66. The van der Waals surface area contributed by atoms with Gasteiger partial charge in [-0.05, 0) is 25.3 Å². The average Bonchev–Trinajstić information content (AvgIpc) is 2.23. The van der Waals surface area contributed by atoms with Crippen LogP contribution < -0.4 is 5.73 Å². The summed E-state index contributed by atoms with van der Waals surface area (Å²) in [5.41, 5.74) is 5.35. The lowest BCUT2D eigenvalue weighted by Crippen LogP contribution is -2.12. The van der Waals surface area contributed by atoms with Crippen LogP contribution in [0.15, 0.2) is 0 Å². The van der Waals surface area contributed by atoms with E-state index in [0.29, 0.717) is 38.7 Å². The number of hydrogen-bond acceptors (Lipinski definition) is 4. The zero-order chi connectivity index (χ0) is 12.2. The van der Waals surface area contributed by atoms with Gasteiger partial charge in [-0.3, -0.25) is 4.79 Å². The predicted molar refractivity (Wildman–Crippen MR) is 64.1 cm³/mol. The highest BCUT2D eigenvalue weighted by atomic mass is 16.6. The minimum Gasteiger partial charge on any atom is -0.463 e. The largest absolute Gasteiger partial charge is 0.463 e. The van der Waals surface area contributed by atoms with Crippen LogP contribution in [0.4, 0.5) is 0 Å². The van der Waals surface area contributed by atoms with Crippen LogP contribution in [0.25, 0.3) is 0 Å². The van der Waals surface area contributed by atoms with Gasteiger partial charge < -0.3 is 15.2 Å². The van der Waals surface area contributed by atoms with Crippen LogP contribution in [0, 0.1) is 5.92 Å². The summed E-state index contributed by atoms with van der Waals surface area (Å²) >= 11 is 0. The predicted octanol–water partition coefficient (Wildman–Crippen LogP) is 1.72. The van der Waals surface area contributed by atoms with Gasteiger partial charge in [0.05, 0.1) is 6.61 Å². The maximum atomic E-state index is 11.2. The second-order valence-electron chi connectivity index (χ2n) is 4.29. The van der Waals surface area contributed by atoms with Crippen LogP contribution in [-0.4, -0.2) is 32.3 Å². The van der Waals surface area contributed by atoms with Crippen molar-refractivity contribution in [1.29, 1.82) is 0 Å². The molecule has 0 aliphatic heterocycles. The SMILES string of the molecule is CC(C)COCCOC(=O)CCCCCN. The smallest absolute Gasteiger partial charge is 0.305 e. The van der Waals surface area contributed by atoms with Gasteiger partial charge in [0, 0.05) is 13.0 Å². The Hall–Kier alpha value is -0.610. The molecule has 4 heteroatoms. The van der Waals surface area contributed by atoms with Gasteiger partial charge in [0.1, 0.15) is 6.61 Å². The van der Waals surface area contributed by atoms with Crippen LogP contribution in [0.3, 0.4) is 0 Å². The van der Waals surface area contributed by atoms with Gasteiger partial charge in [0.15, 0.2) is 0 Å². The Morgan fingerprint density at radius 2 is 1.94 bits per heavy atom. The van der Waals surface area contributed by atoms with Crippen molar-refractivity contribution in [3.63, 3.8) is 0 Å². The number of unbranched alkanes of at least 4 members (excludes halogenated alkanes) is 2. The highest BCUT2D eigenvalue weighted by Crippen LogP contribution is 2.00. The minimum absolute atomic E-state index is 0.134. The van der Waals surface area contributed by atoms with Gasteiger partial charge in [-0.1, -0.05) is 20.3 Å². The number of rotatable bonds is 10. The van der Waals surface area contributed by atoms with Crippen molar-refractivity contribution in [1.82, 2.24) is 0 Å². The van der Waals surface area contributed by atoms with E-state index in [0.717, 1.165) is 19.3 Å². The van der Waals surface area contributed by atoms with Gasteiger partial charge in [-0.15, -0.1) is 0 Å². The van der Waals surface area contributed by atoms with E-state index in [-0.39, 0.29) is 5.97 Å². The first-order valence-electron chi connectivity index (χ1n) is 6.10. The Kier molecular flexibility index (Phi) is 10.5. The van der Waals surface area contributed by atoms with Crippen molar-refractivity contribution in [2.45, 2.75) is 39.5 Å². The monoisotopic (exact) mass is 231 g/mol. The summed E-state index contributed by atoms with van der Waals surface area (Å²) in [6, 6.07) is 0. The van der Waals surface area contributed by atoms with Crippen molar-refractivity contribution < 1.29 is 14.3 Å². The fourth-order valence-corrected chi connectivity index (χ4v) is 1.20. The van der Waals surface area contributed by atoms with Crippen molar-refractivity contribution in [3.05, 3.63) is 0 Å². The maximum absolute atomic E-state index is 11.2. The Balaban J connectivity index is 3.17. The molecule has 0 aromatic heterocycles. The molecule has 2 N–H and O–H groups in total. The molecule has 0 saturated carbocycles. The molecular weight excluding hydrogens is 206 g/mol. The molecule has 0 rings (SSSR count). The first-order valence-corrected chi connectivity index (χ1v) is 6.10. The summed E-state index contributed by atoms with van der Waals surface area (Å²) in [6.07, 6.45) is 3.33. The van der Waals surface area contributed by atoms with Crippen molar-refractivity contribution in [2.24, 2.45) is 11.7 Å². The topological polar surface area (TPSA) is 61.5 Å². The molecular formula is C12H25NO3. The Labute approximate surface area is 98.5 Å². The first kappa shape index (κ1) is 15.4. The molecule has 16 heavy (non-hydrogen) atoms. The molecule has 0 amide bonds. The number of carbonyl (C=O) groups excluding carboxylic acids is 1. The summed E-state index contributed by atoms with van der Waals surface area (Å²) in [7, 11) is 0. The van der Waals surface area contributed by atoms with E-state index in [1.54, 1.807) is 0 Å². The Morgan fingerprint density at radius 1 is 1.19 bits per heavy atom. The molecule has 0 aromatic carbocycles. The summed E-state index contributed by atoms with van der Waals surface area (Å²) in [5.74, 6) is 0.386. The number of carbonyl (C=O) groups is 1. The van der Waals surface area contributed by atoms with Crippen molar-refractivity contribution in [3.8, 4) is 0 Å². The third-order valence-electron chi connectivity index (χ3n) is 2.03. The quantitative estimate of drug-likeness (QED) is 0.459. The molecule has 0 radical (unpaired) electrons. The maximum Gasteiger partial charge on any atom is 0.305 e. The minimum atomic E-state index is -0.134. The lowest BCUT2D eigenvalue weighted by Gasteiger charge is -2.07. The van der Waals surface area contributed by atoms with Gasteiger partial charge >= 0.3 is 5.97 Å². The van der Waals surface area contributed by atoms with E-state index in [2.05, 4.69) is 13.8 Å². The lowest BCUT2D eigenvalue weighted by molar-refractivity contribution is -0.145. The molecule has 0 spiro atoms. The van der Waals surface area contributed by atoms with E-state index in [1.807, 2.05) is 0 Å². The fraction of sp³-hybridized carbons (Fsp3) is 0.917. The Morgan fingerprint density at radius 3 is 2.56 bits per heavy atom. The van der Waals surface area contributed by atoms with Crippen molar-refractivity contribution >= 4 is 5.97 Å². The zero-order valence-electron chi connectivity index (χ0n) is 10.5. The Bertz CT molecular complexity index is 172. The van der Waals surface area contributed by atoms with E-state index in [4.69, 9.17) is 15.2 Å². The second-order valence-corrected chi connectivity index (χ2v) is 4.29. The highest BCUT2D eigenvalue weighted by molar-refractivity contribution is 5.69. The molecule has 0 fully saturated rings. The number of hydrogen-bond donors (Lipinski definition) is 1. The summed E-state index contributed by atoms with van der Waals surface area (Å²) in [5, 5.41) is 0. The van der Waals surface area contributed by atoms with E-state index >= 15 is 0 Å². The molecule has 0 aromatic rings. The van der Waals surface area contributed by atoms with Crippen LogP contribution in [0.5, 0.6) is 0 Å². The van der Waals surface area contributed by atoms with Crippen LogP contribution in [0.2, 0.25) is 0 Å². The third kappa shape index (κ3) is 11.5.